The van der Waals surface area contributed by atoms with Crippen molar-refractivity contribution in [2.24, 2.45) is 11.8 Å². The largest absolute Gasteiger partial charge is 0.464 e. The molecule has 2 heteroatoms. The second kappa shape index (κ2) is 2.38. The van der Waals surface area contributed by atoms with Gasteiger partial charge in [0, 0.05) is 5.41 Å². The molecule has 2 aliphatic rings. The maximum absolute atomic E-state index is 11.4. The molecule has 2 nitrogen and oxygen atoms in total. The second-order valence-electron chi connectivity index (χ2n) is 4.28. The van der Waals surface area contributed by atoms with E-state index in [9.17, 15) is 4.79 Å². The van der Waals surface area contributed by atoms with E-state index >= 15 is 0 Å². The predicted octanol–water partition coefficient (Wildman–Crippen LogP) is 1.75. The summed E-state index contributed by atoms with van der Waals surface area (Å²) in [6.07, 6.45) is 0. The molecule has 14 heavy (non-hydrogen) atoms. The van der Waals surface area contributed by atoms with Gasteiger partial charge in [-0.25, -0.2) is 0 Å². The van der Waals surface area contributed by atoms with E-state index < -0.39 is 0 Å². The lowest BCUT2D eigenvalue weighted by Crippen LogP contribution is -2.13. The first-order valence-electron chi connectivity index (χ1n) is 4.99. The van der Waals surface area contributed by atoms with E-state index in [0.29, 0.717) is 12.5 Å². The van der Waals surface area contributed by atoms with Gasteiger partial charge in [-0.3, -0.25) is 4.79 Å². The summed E-state index contributed by atoms with van der Waals surface area (Å²) in [4.78, 5) is 11.4. The average Bonchev–Trinajstić information content (AvgIpc) is 2.65. The van der Waals surface area contributed by atoms with Crippen LogP contribution in [0.5, 0.6) is 0 Å². The molecule has 1 unspecified atom stereocenters. The molecule has 1 aliphatic heterocycles. The van der Waals surface area contributed by atoms with Crippen molar-refractivity contribution in [2.75, 3.05) is 6.61 Å². The van der Waals surface area contributed by atoms with Gasteiger partial charge in [0.15, 0.2) is 0 Å². The Morgan fingerprint density at radius 2 is 2.07 bits per heavy atom. The van der Waals surface area contributed by atoms with Gasteiger partial charge in [0.25, 0.3) is 0 Å². The predicted molar refractivity (Wildman–Crippen MR) is 51.7 cm³/mol. The van der Waals surface area contributed by atoms with Crippen molar-refractivity contribution in [2.45, 2.75) is 12.3 Å². The van der Waals surface area contributed by atoms with E-state index in [-0.39, 0.29) is 17.3 Å². The van der Waals surface area contributed by atoms with E-state index in [2.05, 4.69) is 19.1 Å². The zero-order valence-electron chi connectivity index (χ0n) is 8.07. The molecular weight excluding hydrogens is 176 g/mol. The van der Waals surface area contributed by atoms with Crippen molar-refractivity contribution in [1.82, 2.24) is 0 Å². The van der Waals surface area contributed by atoms with E-state index in [4.69, 9.17) is 4.74 Å². The van der Waals surface area contributed by atoms with Crippen LogP contribution in [0.3, 0.4) is 0 Å². The van der Waals surface area contributed by atoms with Crippen molar-refractivity contribution in [3.63, 3.8) is 0 Å². The van der Waals surface area contributed by atoms with E-state index in [1.165, 1.54) is 5.56 Å². The molecule has 0 spiro atoms. The number of hydrogen-bond donors (Lipinski definition) is 0. The minimum absolute atomic E-state index is 0.0122. The van der Waals surface area contributed by atoms with E-state index in [1.54, 1.807) is 0 Å². The standard InChI is InChI=1S/C12H12O2/c1-8-10-11(13)14-7-12(8,10)9-5-3-2-4-6-9/h2-6,8,10H,7H2,1H3/t8-,10?,12-/m1/s1. The first-order valence-corrected chi connectivity index (χ1v) is 4.99. The SMILES string of the molecule is C[C@@H]1C2C(=O)OC[C@@]21c1ccccc1. The number of esters is 1. The van der Waals surface area contributed by atoms with Crippen LogP contribution < -0.4 is 0 Å². The summed E-state index contributed by atoms with van der Waals surface area (Å²) in [5.41, 5.74) is 1.27. The molecule has 0 bridgehead atoms. The third-order valence-electron chi connectivity index (χ3n) is 3.78. The van der Waals surface area contributed by atoms with Gasteiger partial charge in [-0.05, 0) is 11.5 Å². The molecule has 0 amide bonds. The van der Waals surface area contributed by atoms with Gasteiger partial charge in [0.1, 0.15) is 6.61 Å². The summed E-state index contributed by atoms with van der Waals surface area (Å²) < 4.78 is 5.10. The van der Waals surface area contributed by atoms with Crippen LogP contribution in [0.1, 0.15) is 12.5 Å². The maximum atomic E-state index is 11.4. The van der Waals surface area contributed by atoms with Crippen LogP contribution in [0.25, 0.3) is 0 Å². The lowest BCUT2D eigenvalue weighted by molar-refractivity contribution is -0.141. The van der Waals surface area contributed by atoms with Gasteiger partial charge in [-0.15, -0.1) is 0 Å². The molecule has 1 saturated heterocycles. The molecule has 1 aromatic carbocycles. The first kappa shape index (κ1) is 8.04. The van der Waals surface area contributed by atoms with Crippen LogP contribution in [-0.2, 0) is 14.9 Å². The molecule has 3 rings (SSSR count). The highest BCUT2D eigenvalue weighted by Crippen LogP contribution is 2.63. The van der Waals surface area contributed by atoms with Crippen molar-refractivity contribution in [3.05, 3.63) is 35.9 Å². The van der Waals surface area contributed by atoms with Gasteiger partial charge in [0.05, 0.1) is 5.92 Å². The fraction of sp³-hybridized carbons (Fsp3) is 0.417. The first-order chi connectivity index (χ1) is 6.77. The zero-order chi connectivity index (χ0) is 9.76. The van der Waals surface area contributed by atoms with E-state index in [1.807, 2.05) is 18.2 Å². The Kier molecular flexibility index (Phi) is 1.37. The molecular formula is C12H12O2. The minimum Gasteiger partial charge on any atom is -0.464 e. The molecule has 0 N–H and O–H groups in total. The van der Waals surface area contributed by atoms with Crippen LogP contribution in [-0.4, -0.2) is 12.6 Å². The lowest BCUT2D eigenvalue weighted by Gasteiger charge is -2.12. The summed E-state index contributed by atoms with van der Waals surface area (Å²) in [5, 5.41) is 0. The fourth-order valence-corrected chi connectivity index (χ4v) is 2.82. The van der Waals surface area contributed by atoms with Crippen molar-refractivity contribution in [3.8, 4) is 0 Å². The third kappa shape index (κ3) is 0.746. The number of carbonyl (C=O) groups excluding carboxylic acids is 1. The number of carbonyl (C=O) groups is 1. The van der Waals surface area contributed by atoms with Crippen LogP contribution in [0.15, 0.2) is 30.3 Å². The molecule has 2 fully saturated rings. The van der Waals surface area contributed by atoms with Crippen LogP contribution >= 0.6 is 0 Å². The Labute approximate surface area is 82.9 Å². The fourth-order valence-electron chi connectivity index (χ4n) is 2.82. The molecule has 1 aliphatic carbocycles. The number of rotatable bonds is 1. The Hall–Kier alpha value is -1.31. The van der Waals surface area contributed by atoms with Gasteiger partial charge in [-0.1, -0.05) is 37.3 Å². The molecule has 72 valence electrons. The monoisotopic (exact) mass is 188 g/mol. The molecule has 1 heterocycles. The van der Waals surface area contributed by atoms with Crippen LogP contribution in [0, 0.1) is 11.8 Å². The quantitative estimate of drug-likeness (QED) is 0.627. The number of cyclic esters (lactones) is 1. The Morgan fingerprint density at radius 1 is 1.36 bits per heavy atom. The Balaban J connectivity index is 2.05. The Bertz CT molecular complexity index is 385. The van der Waals surface area contributed by atoms with Gasteiger partial charge in [0.2, 0.25) is 0 Å². The Morgan fingerprint density at radius 3 is 2.64 bits per heavy atom. The number of hydrogen-bond acceptors (Lipinski definition) is 2. The lowest BCUT2D eigenvalue weighted by atomic mass is 9.94. The number of ether oxygens (including phenoxy) is 1. The van der Waals surface area contributed by atoms with E-state index in [0.717, 1.165) is 0 Å². The topological polar surface area (TPSA) is 26.3 Å². The highest BCUT2D eigenvalue weighted by atomic mass is 16.5. The summed E-state index contributed by atoms with van der Waals surface area (Å²) in [5.74, 6) is 0.553. The van der Waals surface area contributed by atoms with Crippen molar-refractivity contribution in [1.29, 1.82) is 0 Å². The highest BCUT2D eigenvalue weighted by Gasteiger charge is 2.71. The van der Waals surface area contributed by atoms with Crippen molar-refractivity contribution >= 4 is 5.97 Å². The molecule has 1 aromatic rings. The molecule has 1 saturated carbocycles. The molecule has 3 atom stereocenters. The van der Waals surface area contributed by atoms with Crippen LogP contribution in [0.4, 0.5) is 0 Å². The van der Waals surface area contributed by atoms with Gasteiger partial charge in [-0.2, -0.15) is 0 Å². The van der Waals surface area contributed by atoms with Crippen LogP contribution in [0.2, 0.25) is 0 Å². The van der Waals surface area contributed by atoms with Crippen molar-refractivity contribution < 1.29 is 9.53 Å². The van der Waals surface area contributed by atoms with Gasteiger partial charge >= 0.3 is 5.97 Å². The number of fused-ring (bicyclic) bond motifs is 1. The number of benzene rings is 1. The zero-order valence-corrected chi connectivity index (χ0v) is 8.07. The molecule has 0 radical (unpaired) electrons. The van der Waals surface area contributed by atoms with Gasteiger partial charge < -0.3 is 4.74 Å². The summed E-state index contributed by atoms with van der Waals surface area (Å²) in [7, 11) is 0. The third-order valence-corrected chi connectivity index (χ3v) is 3.78. The normalized spacial score (nSPS) is 39.1. The molecule has 0 aromatic heterocycles. The summed E-state index contributed by atoms with van der Waals surface area (Å²) in [6, 6.07) is 10.2. The average molecular weight is 188 g/mol. The summed E-state index contributed by atoms with van der Waals surface area (Å²) in [6.45, 7) is 2.71. The highest BCUT2D eigenvalue weighted by molar-refractivity contribution is 5.83. The minimum atomic E-state index is -0.0126. The second-order valence-corrected chi connectivity index (χ2v) is 4.28. The maximum Gasteiger partial charge on any atom is 0.310 e. The smallest absolute Gasteiger partial charge is 0.310 e. The summed E-state index contributed by atoms with van der Waals surface area (Å²) >= 11 is 0.